The number of hydrogen-bond donors (Lipinski definition) is 2. The van der Waals surface area contributed by atoms with Crippen molar-refractivity contribution in [3.8, 4) is 0 Å². The third-order valence-corrected chi connectivity index (χ3v) is 2.14. The first-order valence-electron chi connectivity index (χ1n) is 5.17. The molecule has 0 fully saturated rings. The van der Waals surface area contributed by atoms with Crippen LogP contribution in [0, 0.1) is 0 Å². The largest absolute Gasteiger partial charge is 0.379 e. The molecule has 0 aromatic heterocycles. The van der Waals surface area contributed by atoms with E-state index in [1.165, 1.54) is 6.34 Å². The summed E-state index contributed by atoms with van der Waals surface area (Å²) in [4.78, 5) is 9.49. The summed E-state index contributed by atoms with van der Waals surface area (Å²) in [5.41, 5.74) is 0. The Hall–Kier alpha value is -0.780. The Kier molecular flexibility index (Phi) is 8.08. The molecule has 0 aliphatic heterocycles. The van der Waals surface area contributed by atoms with Crippen LogP contribution in [0.3, 0.4) is 0 Å². The number of nitrogens with zero attached hydrogens (tertiary/aromatic N) is 3. The highest BCUT2D eigenvalue weighted by Gasteiger charge is 2.03. The van der Waals surface area contributed by atoms with Gasteiger partial charge in [0.05, 0.1) is 6.17 Å². The Bertz CT molecular complexity index is 194. The number of rotatable bonds is 8. The summed E-state index contributed by atoms with van der Waals surface area (Å²) in [6.07, 6.45) is 2.10. The molecule has 0 spiro atoms. The van der Waals surface area contributed by atoms with Gasteiger partial charge in [-0.3, -0.25) is 20.2 Å². The van der Waals surface area contributed by atoms with E-state index < -0.39 is 0 Å². The van der Waals surface area contributed by atoms with Gasteiger partial charge in [0.25, 0.3) is 0 Å². The molecule has 2 unspecified atom stereocenters. The Morgan fingerprint density at radius 2 is 2.20 bits per heavy atom. The quantitative estimate of drug-likeness (QED) is 0.265. The van der Waals surface area contributed by atoms with Gasteiger partial charge in [-0.1, -0.05) is 0 Å². The van der Waals surface area contributed by atoms with E-state index in [4.69, 9.17) is 0 Å². The predicted octanol–water partition coefficient (Wildman–Crippen LogP) is 0.311. The first-order valence-corrected chi connectivity index (χ1v) is 5.17. The number of hydrogen-bond acceptors (Lipinski definition) is 4. The van der Waals surface area contributed by atoms with E-state index >= 15 is 0 Å². The molecule has 0 aromatic rings. The maximum absolute atomic E-state index is 9.21. The van der Waals surface area contributed by atoms with Crippen molar-refractivity contribution in [2.75, 3.05) is 20.1 Å². The fourth-order valence-electron chi connectivity index (χ4n) is 1.03. The standard InChI is InChI=1S/C10H22N4O/c1-9(13-8-11-3)12-6-5-7-14(4)10(2)15/h8-10,12,15H,3,5-7H2,1-2,4H3. The zero-order chi connectivity index (χ0) is 11.7. The Labute approximate surface area is 91.9 Å². The highest BCUT2D eigenvalue weighted by molar-refractivity contribution is 5.61. The smallest absolute Gasteiger partial charge is 0.111 e. The fraction of sp³-hybridized carbons (Fsp3) is 0.800. The van der Waals surface area contributed by atoms with Gasteiger partial charge in [0.1, 0.15) is 12.6 Å². The molecule has 0 saturated heterocycles. The molecule has 88 valence electrons. The fourth-order valence-corrected chi connectivity index (χ4v) is 1.03. The van der Waals surface area contributed by atoms with Gasteiger partial charge in [-0.25, -0.2) is 0 Å². The SMILES string of the molecule is C=NC=NC(C)NCCCN(C)C(C)O. The zero-order valence-corrected chi connectivity index (χ0v) is 9.85. The van der Waals surface area contributed by atoms with E-state index in [2.05, 4.69) is 22.0 Å². The second kappa shape index (κ2) is 8.52. The second-order valence-electron chi connectivity index (χ2n) is 3.54. The molecule has 0 aliphatic carbocycles. The van der Waals surface area contributed by atoms with Gasteiger partial charge in [-0.2, -0.15) is 0 Å². The molecule has 0 aromatic carbocycles. The number of aliphatic imine (C=N–C) groups is 2. The highest BCUT2D eigenvalue weighted by Crippen LogP contribution is 1.92. The minimum Gasteiger partial charge on any atom is -0.379 e. The summed E-state index contributed by atoms with van der Waals surface area (Å²) in [5.74, 6) is 0. The van der Waals surface area contributed by atoms with Crippen molar-refractivity contribution >= 4 is 13.1 Å². The van der Waals surface area contributed by atoms with Crippen molar-refractivity contribution in [3.05, 3.63) is 0 Å². The normalized spacial score (nSPS) is 15.8. The van der Waals surface area contributed by atoms with Crippen LogP contribution in [0.1, 0.15) is 20.3 Å². The maximum atomic E-state index is 9.21. The number of aliphatic hydroxyl groups is 1. The van der Waals surface area contributed by atoms with Crippen LogP contribution < -0.4 is 5.32 Å². The van der Waals surface area contributed by atoms with E-state index in [1.54, 1.807) is 6.92 Å². The van der Waals surface area contributed by atoms with Crippen molar-refractivity contribution in [3.63, 3.8) is 0 Å². The van der Waals surface area contributed by atoms with Gasteiger partial charge in [-0.05, 0) is 40.6 Å². The first-order chi connectivity index (χ1) is 7.07. The van der Waals surface area contributed by atoms with Crippen molar-refractivity contribution in [2.24, 2.45) is 9.98 Å². The van der Waals surface area contributed by atoms with Crippen molar-refractivity contribution in [2.45, 2.75) is 32.7 Å². The van der Waals surface area contributed by atoms with E-state index in [0.29, 0.717) is 0 Å². The van der Waals surface area contributed by atoms with Crippen LogP contribution in [0.15, 0.2) is 9.98 Å². The molecule has 0 heterocycles. The van der Waals surface area contributed by atoms with E-state index in [9.17, 15) is 5.11 Å². The van der Waals surface area contributed by atoms with Gasteiger partial charge < -0.3 is 5.11 Å². The third-order valence-electron chi connectivity index (χ3n) is 2.14. The summed E-state index contributed by atoms with van der Waals surface area (Å²) < 4.78 is 0. The number of aliphatic hydroxyl groups excluding tert-OH is 1. The molecule has 0 aliphatic rings. The molecule has 5 heteroatoms. The summed E-state index contributed by atoms with van der Waals surface area (Å²) in [5, 5.41) is 12.4. The Balaban J connectivity index is 3.45. The van der Waals surface area contributed by atoms with Gasteiger partial charge in [0.2, 0.25) is 0 Å². The maximum Gasteiger partial charge on any atom is 0.111 e. The minimum atomic E-state index is -0.384. The van der Waals surface area contributed by atoms with E-state index in [0.717, 1.165) is 19.5 Å². The summed E-state index contributed by atoms with van der Waals surface area (Å²) in [6.45, 7) is 8.76. The third kappa shape index (κ3) is 8.23. The molecule has 5 nitrogen and oxygen atoms in total. The molecule has 15 heavy (non-hydrogen) atoms. The lowest BCUT2D eigenvalue weighted by Crippen LogP contribution is -2.32. The van der Waals surface area contributed by atoms with Crippen LogP contribution >= 0.6 is 0 Å². The van der Waals surface area contributed by atoms with Crippen LogP contribution in [0.5, 0.6) is 0 Å². The molecule has 2 N–H and O–H groups in total. The molecule has 0 rings (SSSR count). The summed E-state index contributed by atoms with van der Waals surface area (Å²) >= 11 is 0. The predicted molar refractivity (Wildman–Crippen MR) is 64.4 cm³/mol. The molecule has 0 bridgehead atoms. The average Bonchev–Trinajstić information content (AvgIpc) is 2.20. The van der Waals surface area contributed by atoms with Crippen LogP contribution in [0.25, 0.3) is 0 Å². The molecule has 0 amide bonds. The van der Waals surface area contributed by atoms with Gasteiger partial charge in [-0.15, -0.1) is 0 Å². The molecular formula is C10H22N4O. The van der Waals surface area contributed by atoms with Gasteiger partial charge in [0, 0.05) is 6.54 Å². The van der Waals surface area contributed by atoms with Crippen LogP contribution in [-0.2, 0) is 0 Å². The van der Waals surface area contributed by atoms with E-state index in [-0.39, 0.29) is 12.4 Å². The van der Waals surface area contributed by atoms with Gasteiger partial charge in [0.15, 0.2) is 0 Å². The van der Waals surface area contributed by atoms with E-state index in [1.807, 2.05) is 18.9 Å². The highest BCUT2D eigenvalue weighted by atomic mass is 16.3. The minimum absolute atomic E-state index is 0.0624. The van der Waals surface area contributed by atoms with Crippen LogP contribution in [0.4, 0.5) is 0 Å². The van der Waals surface area contributed by atoms with Crippen molar-refractivity contribution < 1.29 is 5.11 Å². The summed E-state index contributed by atoms with van der Waals surface area (Å²) in [7, 11) is 1.90. The second-order valence-corrected chi connectivity index (χ2v) is 3.54. The number of nitrogens with one attached hydrogen (secondary N) is 1. The Morgan fingerprint density at radius 3 is 2.73 bits per heavy atom. The summed E-state index contributed by atoms with van der Waals surface area (Å²) in [6, 6.07) is 0. The van der Waals surface area contributed by atoms with Gasteiger partial charge >= 0.3 is 0 Å². The lowest BCUT2D eigenvalue weighted by molar-refractivity contribution is 0.0378. The van der Waals surface area contributed by atoms with Crippen LogP contribution in [-0.4, -0.2) is 55.6 Å². The molecule has 0 saturated carbocycles. The van der Waals surface area contributed by atoms with Crippen molar-refractivity contribution in [1.82, 2.24) is 10.2 Å². The lowest BCUT2D eigenvalue weighted by atomic mass is 10.3. The monoisotopic (exact) mass is 214 g/mol. The lowest BCUT2D eigenvalue weighted by Gasteiger charge is -2.19. The molecule has 0 radical (unpaired) electrons. The Morgan fingerprint density at radius 1 is 1.53 bits per heavy atom. The van der Waals surface area contributed by atoms with Crippen molar-refractivity contribution in [1.29, 1.82) is 0 Å². The molecular weight excluding hydrogens is 192 g/mol. The topological polar surface area (TPSA) is 60.2 Å². The van der Waals surface area contributed by atoms with Crippen LogP contribution in [0.2, 0.25) is 0 Å². The first kappa shape index (κ1) is 14.2. The molecule has 2 atom stereocenters. The zero-order valence-electron chi connectivity index (χ0n) is 9.85. The average molecular weight is 214 g/mol.